The summed E-state index contributed by atoms with van der Waals surface area (Å²) < 4.78 is 1.62. The first-order chi connectivity index (χ1) is 12.4. The van der Waals surface area contributed by atoms with Gasteiger partial charge in [0.2, 0.25) is 0 Å². The molecule has 0 saturated carbocycles. The Labute approximate surface area is 154 Å². The van der Waals surface area contributed by atoms with E-state index in [9.17, 15) is 5.26 Å². The minimum Gasteiger partial charge on any atom is -0.382 e. The van der Waals surface area contributed by atoms with Crippen LogP contribution in [0, 0.1) is 24.2 Å². The SMILES string of the molecule is Cc1ccc(-n2nc(CCCNC(N)=NCC(C)C)c(C#N)c2N)cc1. The highest BCUT2D eigenvalue weighted by molar-refractivity contribution is 5.77. The van der Waals surface area contributed by atoms with Gasteiger partial charge < -0.3 is 16.8 Å². The summed E-state index contributed by atoms with van der Waals surface area (Å²) in [5.41, 5.74) is 15.1. The molecular weight excluding hydrogens is 326 g/mol. The second-order valence-electron chi connectivity index (χ2n) is 6.72. The molecule has 138 valence electrons. The molecule has 0 saturated heterocycles. The first-order valence-corrected chi connectivity index (χ1v) is 8.80. The van der Waals surface area contributed by atoms with Crippen LogP contribution in [0.3, 0.4) is 0 Å². The van der Waals surface area contributed by atoms with E-state index in [2.05, 4.69) is 35.3 Å². The van der Waals surface area contributed by atoms with Crippen LogP contribution < -0.4 is 16.8 Å². The number of nitrogens with one attached hydrogen (secondary N) is 1. The van der Waals surface area contributed by atoms with E-state index < -0.39 is 0 Å². The number of rotatable bonds is 7. The van der Waals surface area contributed by atoms with Crippen LogP contribution in [0.1, 0.15) is 37.1 Å². The average molecular weight is 353 g/mol. The molecule has 26 heavy (non-hydrogen) atoms. The van der Waals surface area contributed by atoms with Crippen molar-refractivity contribution in [1.29, 1.82) is 5.26 Å². The molecular formula is C19H27N7. The quantitative estimate of drug-likeness (QED) is 0.400. The zero-order valence-corrected chi connectivity index (χ0v) is 15.7. The van der Waals surface area contributed by atoms with E-state index in [0.717, 1.165) is 17.7 Å². The van der Waals surface area contributed by atoms with Crippen molar-refractivity contribution in [3.8, 4) is 11.8 Å². The zero-order valence-electron chi connectivity index (χ0n) is 15.7. The highest BCUT2D eigenvalue weighted by Crippen LogP contribution is 2.21. The van der Waals surface area contributed by atoms with Crippen LogP contribution in [-0.4, -0.2) is 28.8 Å². The Balaban J connectivity index is 2.02. The van der Waals surface area contributed by atoms with Crippen molar-refractivity contribution < 1.29 is 0 Å². The molecule has 0 fully saturated rings. The minimum atomic E-state index is 0.373. The molecule has 0 radical (unpaired) electrons. The van der Waals surface area contributed by atoms with Gasteiger partial charge in [0, 0.05) is 13.1 Å². The smallest absolute Gasteiger partial charge is 0.188 e. The van der Waals surface area contributed by atoms with E-state index in [1.165, 1.54) is 0 Å². The summed E-state index contributed by atoms with van der Waals surface area (Å²) in [5, 5.41) is 17.1. The normalized spacial score (nSPS) is 11.6. The van der Waals surface area contributed by atoms with E-state index in [1.807, 2.05) is 31.2 Å². The van der Waals surface area contributed by atoms with Gasteiger partial charge in [-0.3, -0.25) is 4.99 Å². The lowest BCUT2D eigenvalue weighted by molar-refractivity contribution is 0.659. The second kappa shape index (κ2) is 8.90. The molecule has 0 spiro atoms. The Morgan fingerprint density at radius 1 is 1.35 bits per heavy atom. The fraction of sp³-hybridized carbons (Fsp3) is 0.421. The molecule has 0 unspecified atom stereocenters. The molecule has 2 aromatic rings. The number of aliphatic imine (C=N–C) groups is 1. The van der Waals surface area contributed by atoms with Crippen LogP contribution >= 0.6 is 0 Å². The summed E-state index contributed by atoms with van der Waals surface area (Å²) >= 11 is 0. The van der Waals surface area contributed by atoms with E-state index in [-0.39, 0.29) is 0 Å². The summed E-state index contributed by atoms with van der Waals surface area (Å²) in [6, 6.07) is 10.0. The summed E-state index contributed by atoms with van der Waals surface area (Å²) in [6.07, 6.45) is 1.41. The lowest BCUT2D eigenvalue weighted by Crippen LogP contribution is -2.33. The molecule has 7 heteroatoms. The third kappa shape index (κ3) is 4.99. The van der Waals surface area contributed by atoms with Crippen LogP contribution in [0.15, 0.2) is 29.3 Å². The number of nitriles is 1. The van der Waals surface area contributed by atoms with Crippen LogP contribution in [0.2, 0.25) is 0 Å². The van der Waals surface area contributed by atoms with Crippen molar-refractivity contribution in [2.75, 3.05) is 18.8 Å². The average Bonchev–Trinajstić information content (AvgIpc) is 2.93. The van der Waals surface area contributed by atoms with Gasteiger partial charge in [0.25, 0.3) is 0 Å². The third-order valence-electron chi connectivity index (χ3n) is 3.91. The minimum absolute atomic E-state index is 0.373. The van der Waals surface area contributed by atoms with Crippen molar-refractivity contribution in [3.05, 3.63) is 41.1 Å². The number of guanidine groups is 1. The molecule has 0 aliphatic rings. The number of benzene rings is 1. The van der Waals surface area contributed by atoms with E-state index in [1.54, 1.807) is 4.68 Å². The number of anilines is 1. The van der Waals surface area contributed by atoms with Crippen molar-refractivity contribution in [1.82, 2.24) is 15.1 Å². The third-order valence-corrected chi connectivity index (χ3v) is 3.91. The maximum Gasteiger partial charge on any atom is 0.188 e. The monoisotopic (exact) mass is 353 g/mol. The van der Waals surface area contributed by atoms with E-state index in [4.69, 9.17) is 11.5 Å². The van der Waals surface area contributed by atoms with Crippen LogP contribution in [0.5, 0.6) is 0 Å². The van der Waals surface area contributed by atoms with Crippen molar-refractivity contribution in [3.63, 3.8) is 0 Å². The van der Waals surface area contributed by atoms with Gasteiger partial charge in [-0.25, -0.2) is 4.68 Å². The first kappa shape index (κ1) is 19.3. The molecule has 2 rings (SSSR count). The Hall–Kier alpha value is -3.01. The molecule has 0 atom stereocenters. The fourth-order valence-electron chi connectivity index (χ4n) is 2.47. The number of hydrogen-bond acceptors (Lipinski definition) is 4. The number of nitrogens with zero attached hydrogens (tertiary/aromatic N) is 4. The van der Waals surface area contributed by atoms with E-state index in [0.29, 0.717) is 48.5 Å². The summed E-state index contributed by atoms with van der Waals surface area (Å²) in [4.78, 5) is 4.26. The number of aromatic nitrogens is 2. The Morgan fingerprint density at radius 3 is 2.65 bits per heavy atom. The van der Waals surface area contributed by atoms with Gasteiger partial charge in [-0.15, -0.1) is 0 Å². The topological polar surface area (TPSA) is 118 Å². The summed E-state index contributed by atoms with van der Waals surface area (Å²) in [6.45, 7) is 7.57. The van der Waals surface area contributed by atoms with Crippen LogP contribution in [0.4, 0.5) is 5.82 Å². The molecule has 5 N–H and O–H groups in total. The molecule has 0 aliphatic carbocycles. The van der Waals surface area contributed by atoms with Gasteiger partial charge in [-0.2, -0.15) is 10.4 Å². The molecule has 1 heterocycles. The van der Waals surface area contributed by atoms with Crippen LogP contribution in [0.25, 0.3) is 5.69 Å². The molecule has 0 aliphatic heterocycles. The Morgan fingerprint density at radius 2 is 2.04 bits per heavy atom. The van der Waals surface area contributed by atoms with Gasteiger partial charge in [-0.05, 0) is 37.8 Å². The zero-order chi connectivity index (χ0) is 19.1. The first-order valence-electron chi connectivity index (χ1n) is 8.80. The van der Waals surface area contributed by atoms with Gasteiger partial charge in [0.1, 0.15) is 17.5 Å². The number of hydrogen-bond donors (Lipinski definition) is 3. The molecule has 0 bridgehead atoms. The van der Waals surface area contributed by atoms with E-state index >= 15 is 0 Å². The Kier molecular flexibility index (Phi) is 6.61. The van der Waals surface area contributed by atoms with Gasteiger partial charge in [0.05, 0.1) is 11.4 Å². The predicted molar refractivity (Wildman–Crippen MR) is 105 cm³/mol. The second-order valence-corrected chi connectivity index (χ2v) is 6.72. The van der Waals surface area contributed by atoms with Gasteiger partial charge >= 0.3 is 0 Å². The highest BCUT2D eigenvalue weighted by Gasteiger charge is 2.16. The maximum atomic E-state index is 9.43. The summed E-state index contributed by atoms with van der Waals surface area (Å²) in [7, 11) is 0. The maximum absolute atomic E-state index is 9.43. The lowest BCUT2D eigenvalue weighted by Gasteiger charge is -2.06. The molecule has 7 nitrogen and oxygen atoms in total. The number of nitrogens with two attached hydrogens (primary N) is 2. The highest BCUT2D eigenvalue weighted by atomic mass is 15.3. The van der Waals surface area contributed by atoms with Gasteiger partial charge in [0.15, 0.2) is 5.96 Å². The molecule has 0 amide bonds. The fourth-order valence-corrected chi connectivity index (χ4v) is 2.47. The largest absolute Gasteiger partial charge is 0.382 e. The predicted octanol–water partition coefficient (Wildman–Crippen LogP) is 2.13. The lowest BCUT2D eigenvalue weighted by atomic mass is 10.1. The summed E-state index contributed by atoms with van der Waals surface area (Å²) in [5.74, 6) is 1.29. The van der Waals surface area contributed by atoms with Gasteiger partial charge in [-0.1, -0.05) is 31.5 Å². The standard InChI is InChI=1S/C19H27N7/c1-13(2)12-24-19(22)23-10-4-5-17-16(11-20)18(21)26(25-17)15-8-6-14(3)7-9-15/h6-9,13H,4-5,10,12,21H2,1-3H3,(H3,22,23,24). The van der Waals surface area contributed by atoms with Crippen molar-refractivity contribution in [2.24, 2.45) is 16.6 Å². The van der Waals surface area contributed by atoms with Crippen molar-refractivity contribution in [2.45, 2.75) is 33.6 Å². The number of aryl methyl sites for hydroxylation is 2. The molecule has 1 aromatic heterocycles. The Bertz CT molecular complexity index is 795. The number of nitrogen functional groups attached to an aromatic ring is 1. The molecule has 1 aromatic carbocycles. The van der Waals surface area contributed by atoms with Crippen LogP contribution in [-0.2, 0) is 6.42 Å². The van der Waals surface area contributed by atoms with Crippen molar-refractivity contribution >= 4 is 11.8 Å².